The van der Waals surface area contributed by atoms with Crippen molar-refractivity contribution in [2.24, 2.45) is 0 Å². The lowest BCUT2D eigenvalue weighted by molar-refractivity contribution is -0.384. The number of hydrogen-bond donors (Lipinski definition) is 0. The summed E-state index contributed by atoms with van der Waals surface area (Å²) in [6.45, 7) is 1.98. The number of methoxy groups -OCH3 is 2. The molecule has 9 nitrogen and oxygen atoms in total. The van der Waals surface area contributed by atoms with Gasteiger partial charge in [-0.25, -0.2) is 4.98 Å². The van der Waals surface area contributed by atoms with Gasteiger partial charge in [-0.3, -0.25) is 14.5 Å². The summed E-state index contributed by atoms with van der Waals surface area (Å²) < 4.78 is 12.6. The minimum Gasteiger partial charge on any atom is -0.493 e. The third-order valence-electron chi connectivity index (χ3n) is 4.54. The molecule has 0 saturated heterocycles. The lowest BCUT2D eigenvalue weighted by atomic mass is 10.1. The summed E-state index contributed by atoms with van der Waals surface area (Å²) in [6.07, 6.45) is 0.626. The summed E-state index contributed by atoms with van der Waals surface area (Å²) >= 11 is 0. The van der Waals surface area contributed by atoms with E-state index in [1.807, 2.05) is 17.4 Å². The Morgan fingerprint density at radius 1 is 1.11 bits per heavy atom. The Labute approximate surface area is 159 Å². The summed E-state index contributed by atoms with van der Waals surface area (Å²) in [4.78, 5) is 15.4. The summed E-state index contributed by atoms with van der Waals surface area (Å²) in [7, 11) is 3.13. The standard InChI is InChI=1S/C19H17N5O4/c1-4-17-20-14-10-16(28-3)15(27-2)9-13(14)19-22-21-18(23(17)19)11-6-5-7-12(8-11)24(25)26/h5-10H,4H2,1-3H3. The fourth-order valence-corrected chi connectivity index (χ4v) is 3.21. The van der Waals surface area contributed by atoms with Gasteiger partial charge >= 0.3 is 0 Å². The zero-order valence-electron chi connectivity index (χ0n) is 15.5. The van der Waals surface area contributed by atoms with Crippen LogP contribution in [0.4, 0.5) is 5.69 Å². The van der Waals surface area contributed by atoms with E-state index in [2.05, 4.69) is 10.2 Å². The van der Waals surface area contributed by atoms with Gasteiger partial charge < -0.3 is 9.47 Å². The van der Waals surface area contributed by atoms with Crippen molar-refractivity contribution in [1.82, 2.24) is 19.6 Å². The second-order valence-corrected chi connectivity index (χ2v) is 6.10. The number of benzene rings is 2. The minimum absolute atomic E-state index is 0.00699. The number of rotatable bonds is 5. The number of ether oxygens (including phenoxy) is 2. The number of fused-ring (bicyclic) bond motifs is 3. The molecule has 0 unspecified atom stereocenters. The smallest absolute Gasteiger partial charge is 0.270 e. The van der Waals surface area contributed by atoms with Crippen molar-refractivity contribution in [1.29, 1.82) is 0 Å². The lowest BCUT2D eigenvalue weighted by Crippen LogP contribution is -2.03. The van der Waals surface area contributed by atoms with Crippen LogP contribution in [0.5, 0.6) is 11.5 Å². The van der Waals surface area contributed by atoms with Crippen LogP contribution in [0.2, 0.25) is 0 Å². The maximum absolute atomic E-state index is 11.1. The highest BCUT2D eigenvalue weighted by atomic mass is 16.6. The maximum Gasteiger partial charge on any atom is 0.270 e. The molecule has 28 heavy (non-hydrogen) atoms. The van der Waals surface area contributed by atoms with E-state index in [0.29, 0.717) is 40.5 Å². The Hall–Kier alpha value is -3.75. The highest BCUT2D eigenvalue weighted by Gasteiger charge is 2.19. The van der Waals surface area contributed by atoms with Crippen molar-refractivity contribution in [3.05, 3.63) is 52.3 Å². The Morgan fingerprint density at radius 3 is 2.54 bits per heavy atom. The molecule has 9 heteroatoms. The molecule has 0 saturated carbocycles. The Bertz CT molecular complexity index is 1220. The fourth-order valence-electron chi connectivity index (χ4n) is 3.21. The molecule has 0 N–H and O–H groups in total. The summed E-state index contributed by atoms with van der Waals surface area (Å²) in [5, 5.41) is 20.5. The number of nitro benzene ring substituents is 1. The molecule has 4 aromatic rings. The van der Waals surface area contributed by atoms with Gasteiger partial charge in [0.1, 0.15) is 5.82 Å². The van der Waals surface area contributed by atoms with E-state index >= 15 is 0 Å². The largest absolute Gasteiger partial charge is 0.493 e. The van der Waals surface area contributed by atoms with E-state index in [4.69, 9.17) is 14.5 Å². The zero-order valence-corrected chi connectivity index (χ0v) is 15.5. The van der Waals surface area contributed by atoms with Crippen LogP contribution in [-0.4, -0.2) is 38.7 Å². The van der Waals surface area contributed by atoms with Gasteiger partial charge in [-0.15, -0.1) is 10.2 Å². The molecule has 142 valence electrons. The molecule has 4 rings (SSSR count). The van der Waals surface area contributed by atoms with E-state index in [1.54, 1.807) is 32.4 Å². The molecule has 0 aliphatic carbocycles. The van der Waals surface area contributed by atoms with Crippen molar-refractivity contribution in [3.8, 4) is 22.9 Å². The predicted molar refractivity (Wildman–Crippen MR) is 103 cm³/mol. The van der Waals surface area contributed by atoms with Gasteiger partial charge in [0.25, 0.3) is 5.69 Å². The first-order valence-corrected chi connectivity index (χ1v) is 8.62. The Balaban J connectivity index is 2.04. The van der Waals surface area contributed by atoms with Crippen molar-refractivity contribution in [3.63, 3.8) is 0 Å². The molecular formula is C19H17N5O4. The molecule has 0 amide bonds. The van der Waals surface area contributed by atoms with E-state index in [9.17, 15) is 10.1 Å². The van der Waals surface area contributed by atoms with Crippen LogP contribution < -0.4 is 9.47 Å². The molecule has 2 aromatic carbocycles. The molecule has 0 aliphatic heterocycles. The minimum atomic E-state index is -0.432. The fraction of sp³-hybridized carbons (Fsp3) is 0.211. The molecule has 0 radical (unpaired) electrons. The van der Waals surface area contributed by atoms with Gasteiger partial charge in [0.2, 0.25) is 0 Å². The molecular weight excluding hydrogens is 362 g/mol. The number of aryl methyl sites for hydroxylation is 1. The molecule has 0 atom stereocenters. The van der Waals surface area contributed by atoms with Crippen molar-refractivity contribution < 1.29 is 14.4 Å². The van der Waals surface area contributed by atoms with Crippen LogP contribution in [0, 0.1) is 10.1 Å². The number of nitro groups is 1. The second-order valence-electron chi connectivity index (χ2n) is 6.10. The Morgan fingerprint density at radius 2 is 1.86 bits per heavy atom. The molecule has 2 heterocycles. The van der Waals surface area contributed by atoms with E-state index < -0.39 is 4.92 Å². The molecule has 2 aromatic heterocycles. The van der Waals surface area contributed by atoms with Crippen molar-refractivity contribution >= 4 is 22.2 Å². The highest BCUT2D eigenvalue weighted by molar-refractivity contribution is 5.94. The van der Waals surface area contributed by atoms with Crippen LogP contribution in [0.1, 0.15) is 12.7 Å². The van der Waals surface area contributed by atoms with Gasteiger partial charge in [-0.2, -0.15) is 0 Å². The summed E-state index contributed by atoms with van der Waals surface area (Å²) in [6, 6.07) is 9.92. The van der Waals surface area contributed by atoms with E-state index in [0.717, 1.165) is 11.2 Å². The van der Waals surface area contributed by atoms with E-state index in [1.165, 1.54) is 12.1 Å². The number of hydrogen-bond acceptors (Lipinski definition) is 7. The first-order chi connectivity index (χ1) is 13.6. The molecule has 0 aliphatic rings. The Kier molecular flexibility index (Phi) is 4.26. The first kappa shape index (κ1) is 17.7. The maximum atomic E-state index is 11.1. The quantitative estimate of drug-likeness (QED) is 0.386. The average Bonchev–Trinajstić information content (AvgIpc) is 3.17. The highest BCUT2D eigenvalue weighted by Crippen LogP contribution is 2.34. The average molecular weight is 379 g/mol. The second kappa shape index (κ2) is 6.76. The van der Waals surface area contributed by atoms with Gasteiger partial charge in [-0.1, -0.05) is 19.1 Å². The third-order valence-corrected chi connectivity index (χ3v) is 4.54. The third kappa shape index (κ3) is 2.68. The van der Waals surface area contributed by atoms with Crippen LogP contribution in [-0.2, 0) is 6.42 Å². The van der Waals surface area contributed by atoms with Crippen LogP contribution in [0.3, 0.4) is 0 Å². The topological polar surface area (TPSA) is 105 Å². The first-order valence-electron chi connectivity index (χ1n) is 8.62. The van der Waals surface area contributed by atoms with E-state index in [-0.39, 0.29) is 5.69 Å². The van der Waals surface area contributed by atoms with Gasteiger partial charge in [0.15, 0.2) is 23.0 Å². The van der Waals surface area contributed by atoms with Crippen LogP contribution >= 0.6 is 0 Å². The number of nitrogens with zero attached hydrogens (tertiary/aromatic N) is 5. The van der Waals surface area contributed by atoms with Crippen molar-refractivity contribution in [2.75, 3.05) is 14.2 Å². The predicted octanol–water partition coefficient (Wildman–Crippen LogP) is 3.43. The lowest BCUT2D eigenvalue weighted by Gasteiger charge is -2.12. The molecule has 0 bridgehead atoms. The number of aromatic nitrogens is 4. The molecule has 0 spiro atoms. The van der Waals surface area contributed by atoms with Crippen molar-refractivity contribution in [2.45, 2.75) is 13.3 Å². The normalized spacial score (nSPS) is 11.1. The van der Waals surface area contributed by atoms with Crippen LogP contribution in [0.25, 0.3) is 27.9 Å². The zero-order chi connectivity index (χ0) is 19.8. The number of non-ortho nitro benzene ring substituents is 1. The summed E-state index contributed by atoms with van der Waals surface area (Å²) in [5.74, 6) is 2.37. The van der Waals surface area contributed by atoms with Crippen LogP contribution in [0.15, 0.2) is 36.4 Å². The summed E-state index contributed by atoms with van der Waals surface area (Å²) in [5.41, 5.74) is 1.90. The van der Waals surface area contributed by atoms with Gasteiger partial charge in [0, 0.05) is 35.6 Å². The van der Waals surface area contributed by atoms with Gasteiger partial charge in [0.05, 0.1) is 24.7 Å². The SMILES string of the molecule is CCc1nc2cc(OC)c(OC)cc2c2nnc(-c3cccc([N+](=O)[O-])c3)n12. The monoisotopic (exact) mass is 379 g/mol. The molecule has 0 fully saturated rings. The van der Waals surface area contributed by atoms with Gasteiger partial charge in [-0.05, 0) is 6.07 Å².